The Morgan fingerprint density at radius 3 is 2.14 bits per heavy atom. The summed E-state index contributed by atoms with van der Waals surface area (Å²) in [7, 11) is 0. The van der Waals surface area contributed by atoms with Crippen LogP contribution in [0.3, 0.4) is 0 Å². The number of rotatable bonds is 5. The normalized spacial score (nSPS) is 12.1. The Hall–Kier alpha value is -3.72. The van der Waals surface area contributed by atoms with Crippen LogP contribution in [0.5, 0.6) is 0 Å². The topological polar surface area (TPSA) is 30.7 Å². The summed E-state index contributed by atoms with van der Waals surface area (Å²) in [6.07, 6.45) is 2.07. The first-order chi connectivity index (χ1) is 14.4. The van der Waals surface area contributed by atoms with Crippen LogP contribution in [0.25, 0.3) is 10.8 Å². The number of hydrogen-bond donors (Lipinski definition) is 0. The van der Waals surface area contributed by atoms with Crippen molar-refractivity contribution in [3.8, 4) is 0 Å². The molecule has 4 aromatic carbocycles. The summed E-state index contributed by atoms with van der Waals surface area (Å²) in [4.78, 5) is 0. The molecule has 0 aliphatic carbocycles. The Morgan fingerprint density at radius 1 is 0.655 bits per heavy atom. The lowest BCUT2D eigenvalue weighted by atomic mass is 9.88. The van der Waals surface area contributed by atoms with Gasteiger partial charge in [-0.2, -0.15) is 0 Å². The predicted octanol–water partition coefficient (Wildman–Crippen LogP) is 5.66. The van der Waals surface area contributed by atoms with E-state index >= 15 is 0 Å². The first-order valence-electron chi connectivity index (χ1n) is 9.84. The Balaban J connectivity index is 1.56. The zero-order valence-electron chi connectivity index (χ0n) is 16.0. The van der Waals surface area contributed by atoms with Crippen molar-refractivity contribution in [1.29, 1.82) is 0 Å². The van der Waals surface area contributed by atoms with Gasteiger partial charge >= 0.3 is 0 Å². The van der Waals surface area contributed by atoms with E-state index in [1.54, 1.807) is 0 Å². The molecule has 140 valence electrons. The second-order valence-electron chi connectivity index (χ2n) is 7.28. The van der Waals surface area contributed by atoms with Crippen molar-refractivity contribution >= 4 is 10.8 Å². The van der Waals surface area contributed by atoms with Crippen molar-refractivity contribution in [2.75, 3.05) is 0 Å². The molecule has 0 radical (unpaired) electrons. The fraction of sp³-hybridized carbons (Fsp3) is 0.0769. The molecule has 29 heavy (non-hydrogen) atoms. The molecule has 1 atom stereocenters. The van der Waals surface area contributed by atoms with Crippen molar-refractivity contribution in [2.24, 2.45) is 0 Å². The molecule has 0 amide bonds. The molecule has 0 saturated carbocycles. The highest BCUT2D eigenvalue weighted by atomic mass is 15.4. The molecule has 0 N–H and O–H groups in total. The van der Waals surface area contributed by atoms with Gasteiger partial charge in [0.05, 0.1) is 18.2 Å². The minimum Gasteiger partial charge on any atom is -0.248 e. The van der Waals surface area contributed by atoms with Crippen LogP contribution in [0.4, 0.5) is 0 Å². The third-order valence-electron chi connectivity index (χ3n) is 5.28. The van der Waals surface area contributed by atoms with Gasteiger partial charge in [-0.3, -0.25) is 0 Å². The van der Waals surface area contributed by atoms with E-state index < -0.39 is 0 Å². The number of fused-ring (bicyclic) bond motifs is 1. The number of hydrogen-bond acceptors (Lipinski definition) is 2. The lowest BCUT2D eigenvalue weighted by Gasteiger charge is -2.16. The van der Waals surface area contributed by atoms with E-state index in [9.17, 15) is 0 Å². The van der Waals surface area contributed by atoms with Gasteiger partial charge in [-0.15, -0.1) is 5.10 Å². The summed E-state index contributed by atoms with van der Waals surface area (Å²) in [6.45, 7) is 0.715. The second-order valence-corrected chi connectivity index (χ2v) is 7.28. The van der Waals surface area contributed by atoms with Crippen LogP contribution in [-0.2, 0) is 6.54 Å². The van der Waals surface area contributed by atoms with E-state index in [1.807, 2.05) is 16.8 Å². The molecule has 1 unspecified atom stereocenters. The molecule has 0 aliphatic rings. The second kappa shape index (κ2) is 7.72. The van der Waals surface area contributed by atoms with E-state index in [1.165, 1.54) is 27.5 Å². The van der Waals surface area contributed by atoms with Gasteiger partial charge in [-0.25, -0.2) is 4.68 Å². The predicted molar refractivity (Wildman–Crippen MR) is 117 cm³/mol. The zero-order valence-corrected chi connectivity index (χ0v) is 16.0. The van der Waals surface area contributed by atoms with E-state index in [0.717, 1.165) is 5.69 Å². The first kappa shape index (κ1) is 17.4. The summed E-state index contributed by atoms with van der Waals surface area (Å²) in [5, 5.41) is 11.5. The molecule has 0 fully saturated rings. The molecule has 1 heterocycles. The smallest absolute Gasteiger partial charge is 0.0945 e. The Labute approximate surface area is 170 Å². The van der Waals surface area contributed by atoms with Crippen LogP contribution in [0.2, 0.25) is 0 Å². The maximum absolute atomic E-state index is 4.56. The van der Waals surface area contributed by atoms with Gasteiger partial charge in [0.25, 0.3) is 0 Å². The number of nitrogens with zero attached hydrogens (tertiary/aromatic N) is 3. The highest BCUT2D eigenvalue weighted by Gasteiger charge is 2.20. The van der Waals surface area contributed by atoms with Crippen LogP contribution in [0.15, 0.2) is 109 Å². The lowest BCUT2D eigenvalue weighted by molar-refractivity contribution is 0.649. The van der Waals surface area contributed by atoms with Crippen molar-refractivity contribution in [1.82, 2.24) is 15.0 Å². The van der Waals surface area contributed by atoms with E-state index in [2.05, 4.69) is 108 Å². The monoisotopic (exact) mass is 375 g/mol. The number of aromatic nitrogens is 3. The molecule has 0 saturated heterocycles. The molecular weight excluding hydrogens is 354 g/mol. The van der Waals surface area contributed by atoms with Gasteiger partial charge in [0.2, 0.25) is 0 Å². The highest BCUT2D eigenvalue weighted by molar-refractivity contribution is 5.83. The zero-order chi connectivity index (χ0) is 19.5. The molecular formula is C26H21N3. The van der Waals surface area contributed by atoms with Gasteiger partial charge in [0, 0.05) is 6.20 Å². The molecule has 0 bridgehead atoms. The van der Waals surface area contributed by atoms with Gasteiger partial charge in [0.1, 0.15) is 0 Å². The standard InChI is InChI=1S/C26H21N3/c1-3-9-20(10-4-1)18-29-19-25(27-28-29)26(22-12-5-2-6-13-22)24-16-15-21-11-7-8-14-23(21)17-24/h1-17,19,26H,18H2. The third-order valence-corrected chi connectivity index (χ3v) is 5.28. The largest absolute Gasteiger partial charge is 0.248 e. The van der Waals surface area contributed by atoms with Crippen molar-refractivity contribution in [3.05, 3.63) is 132 Å². The van der Waals surface area contributed by atoms with Crippen LogP contribution in [0, 0.1) is 0 Å². The van der Waals surface area contributed by atoms with Gasteiger partial charge < -0.3 is 0 Å². The molecule has 1 aromatic heterocycles. The lowest BCUT2D eigenvalue weighted by Crippen LogP contribution is -2.04. The molecule has 5 aromatic rings. The average Bonchev–Trinajstić information content (AvgIpc) is 3.23. The first-order valence-corrected chi connectivity index (χ1v) is 9.84. The summed E-state index contributed by atoms with van der Waals surface area (Å²) < 4.78 is 1.92. The summed E-state index contributed by atoms with van der Waals surface area (Å²) in [5.74, 6) is 0.0466. The van der Waals surface area contributed by atoms with Crippen molar-refractivity contribution in [2.45, 2.75) is 12.5 Å². The summed E-state index contributed by atoms with van der Waals surface area (Å²) in [6, 6.07) is 36.0. The maximum atomic E-state index is 4.56. The van der Waals surface area contributed by atoms with Crippen molar-refractivity contribution in [3.63, 3.8) is 0 Å². The van der Waals surface area contributed by atoms with E-state index in [4.69, 9.17) is 0 Å². The molecule has 3 nitrogen and oxygen atoms in total. The summed E-state index contributed by atoms with van der Waals surface area (Å²) in [5.41, 5.74) is 4.62. The molecule has 5 rings (SSSR count). The van der Waals surface area contributed by atoms with E-state index in [0.29, 0.717) is 6.54 Å². The Morgan fingerprint density at radius 2 is 1.34 bits per heavy atom. The maximum Gasteiger partial charge on any atom is 0.0945 e. The Kier molecular flexibility index (Phi) is 4.63. The van der Waals surface area contributed by atoms with Gasteiger partial charge in [0.15, 0.2) is 0 Å². The fourth-order valence-corrected chi connectivity index (χ4v) is 3.86. The molecule has 0 spiro atoms. The van der Waals surface area contributed by atoms with Gasteiger partial charge in [-0.1, -0.05) is 108 Å². The molecule has 3 heteroatoms. The SMILES string of the molecule is c1ccc(Cn2cc(C(c3ccccc3)c3ccc4ccccc4c3)nn2)cc1. The van der Waals surface area contributed by atoms with Gasteiger partial charge in [-0.05, 0) is 27.5 Å². The minimum absolute atomic E-state index is 0.0466. The van der Waals surface area contributed by atoms with Crippen LogP contribution >= 0.6 is 0 Å². The molecule has 0 aliphatic heterocycles. The third kappa shape index (κ3) is 3.67. The van der Waals surface area contributed by atoms with Crippen LogP contribution < -0.4 is 0 Å². The number of benzene rings is 4. The van der Waals surface area contributed by atoms with Crippen LogP contribution in [0.1, 0.15) is 28.3 Å². The summed E-state index contributed by atoms with van der Waals surface area (Å²) >= 11 is 0. The minimum atomic E-state index is 0.0466. The highest BCUT2D eigenvalue weighted by Crippen LogP contribution is 2.32. The average molecular weight is 375 g/mol. The van der Waals surface area contributed by atoms with Crippen molar-refractivity contribution < 1.29 is 0 Å². The quantitative estimate of drug-likeness (QED) is 0.397. The fourth-order valence-electron chi connectivity index (χ4n) is 3.86. The Bertz CT molecular complexity index is 1230. The van der Waals surface area contributed by atoms with E-state index in [-0.39, 0.29) is 5.92 Å². The van der Waals surface area contributed by atoms with Crippen LogP contribution in [-0.4, -0.2) is 15.0 Å².